The Labute approximate surface area is 180 Å². The predicted molar refractivity (Wildman–Crippen MR) is 105 cm³/mol. The summed E-state index contributed by atoms with van der Waals surface area (Å²) in [7, 11) is -4.44. The minimum atomic E-state index is -4.59. The number of anilines is 1. The molecule has 32 heavy (non-hydrogen) atoms. The molecule has 1 atom stereocenters. The topological polar surface area (TPSA) is 80.5 Å². The molecule has 0 bridgehead atoms. The second-order valence-electron chi connectivity index (χ2n) is 6.95. The van der Waals surface area contributed by atoms with Gasteiger partial charge in [0.15, 0.2) is 11.6 Å². The van der Waals surface area contributed by atoms with Crippen molar-refractivity contribution in [1.29, 1.82) is 0 Å². The molecule has 1 unspecified atom stereocenters. The molecule has 0 radical (unpaired) electrons. The highest BCUT2D eigenvalue weighted by atomic mass is 32.2. The zero-order valence-corrected chi connectivity index (χ0v) is 17.6. The Hall–Kier alpha value is -2.83. The Morgan fingerprint density at radius 3 is 2.44 bits per heavy atom. The monoisotopic (exact) mass is 483 g/mol. The lowest BCUT2D eigenvalue weighted by Crippen LogP contribution is -2.33. The molecule has 0 aliphatic rings. The van der Waals surface area contributed by atoms with Gasteiger partial charge in [-0.1, -0.05) is 13.8 Å². The maximum Gasteiger partial charge on any atom is 0.324 e. The summed E-state index contributed by atoms with van der Waals surface area (Å²) in [5, 5.41) is 2.07. The number of carbonyl (C=O) groups is 1. The molecule has 0 spiro atoms. The zero-order valence-electron chi connectivity index (χ0n) is 16.8. The van der Waals surface area contributed by atoms with E-state index in [1.165, 1.54) is 0 Å². The lowest BCUT2D eigenvalue weighted by Gasteiger charge is -2.17. The summed E-state index contributed by atoms with van der Waals surface area (Å²) in [4.78, 5) is 11.8. The van der Waals surface area contributed by atoms with Gasteiger partial charge in [0.2, 0.25) is 0 Å². The van der Waals surface area contributed by atoms with Gasteiger partial charge in [-0.25, -0.2) is 17.6 Å². The van der Waals surface area contributed by atoms with Gasteiger partial charge >= 0.3 is 12.3 Å². The van der Waals surface area contributed by atoms with E-state index in [0.717, 1.165) is 12.3 Å². The SMILES string of the molecule is CCC(C)/C=N/S(=O)(=O)c1cc(C(=O)Nc2ccc(F)c(F)c2)n(CC(F)(F)C(F)F)c1. The second kappa shape index (κ2) is 9.76. The van der Waals surface area contributed by atoms with Crippen LogP contribution in [0, 0.1) is 17.6 Å². The van der Waals surface area contributed by atoms with Crippen LogP contribution >= 0.6 is 0 Å². The van der Waals surface area contributed by atoms with Crippen LogP contribution in [0.2, 0.25) is 0 Å². The van der Waals surface area contributed by atoms with Crippen molar-refractivity contribution in [1.82, 2.24) is 4.57 Å². The predicted octanol–water partition coefficient (Wildman–Crippen LogP) is 4.72. The van der Waals surface area contributed by atoms with Gasteiger partial charge in [0.05, 0.1) is 6.54 Å². The van der Waals surface area contributed by atoms with E-state index in [1.807, 2.05) is 0 Å². The first-order valence-electron chi connectivity index (χ1n) is 9.20. The van der Waals surface area contributed by atoms with Crippen molar-refractivity contribution in [3.8, 4) is 0 Å². The Kier molecular flexibility index (Phi) is 7.75. The second-order valence-corrected chi connectivity index (χ2v) is 8.58. The average Bonchev–Trinajstić information content (AvgIpc) is 3.13. The van der Waals surface area contributed by atoms with E-state index in [4.69, 9.17) is 0 Å². The van der Waals surface area contributed by atoms with Gasteiger partial charge in [-0.3, -0.25) is 4.79 Å². The lowest BCUT2D eigenvalue weighted by atomic mass is 10.1. The molecule has 0 saturated heterocycles. The fourth-order valence-electron chi connectivity index (χ4n) is 2.36. The van der Waals surface area contributed by atoms with Gasteiger partial charge in [0, 0.05) is 24.2 Å². The third kappa shape index (κ3) is 6.11. The number of nitrogens with zero attached hydrogens (tertiary/aromatic N) is 2. The van der Waals surface area contributed by atoms with Crippen LogP contribution in [0.1, 0.15) is 30.8 Å². The first kappa shape index (κ1) is 25.4. The highest BCUT2D eigenvalue weighted by molar-refractivity contribution is 7.90. The molecule has 0 fully saturated rings. The molecule has 6 nitrogen and oxygen atoms in total. The summed E-state index contributed by atoms with van der Waals surface area (Å²) in [5.41, 5.74) is -1.01. The molecule has 1 heterocycles. The summed E-state index contributed by atoms with van der Waals surface area (Å²) in [5.74, 6) is -8.56. The normalized spacial score (nSPS) is 13.7. The number of hydrogen-bond acceptors (Lipinski definition) is 3. The van der Waals surface area contributed by atoms with Crippen molar-refractivity contribution in [3.63, 3.8) is 0 Å². The summed E-state index contributed by atoms with van der Waals surface area (Å²) in [6, 6.07) is 2.93. The smallest absolute Gasteiger partial charge is 0.324 e. The minimum Gasteiger partial charge on any atom is -0.336 e. The first-order valence-corrected chi connectivity index (χ1v) is 10.6. The Bertz CT molecular complexity index is 1120. The molecule has 1 aromatic carbocycles. The van der Waals surface area contributed by atoms with Gasteiger partial charge in [0.1, 0.15) is 10.6 Å². The quantitative estimate of drug-likeness (QED) is 0.414. The van der Waals surface area contributed by atoms with E-state index < -0.39 is 57.0 Å². The zero-order chi connectivity index (χ0) is 24.3. The number of alkyl halides is 4. The number of benzene rings is 1. The van der Waals surface area contributed by atoms with E-state index in [-0.39, 0.29) is 11.6 Å². The maximum atomic E-state index is 13.6. The molecule has 176 valence electrons. The maximum absolute atomic E-state index is 13.6. The summed E-state index contributed by atoms with van der Waals surface area (Å²) in [6.07, 6.45) is -1.83. The van der Waals surface area contributed by atoms with Crippen LogP contribution in [-0.2, 0) is 16.6 Å². The van der Waals surface area contributed by atoms with Crippen molar-refractivity contribution < 1.29 is 39.6 Å². The minimum absolute atomic E-state index is 0.230. The number of halogens is 6. The van der Waals surface area contributed by atoms with Crippen LogP contribution in [0.5, 0.6) is 0 Å². The number of aromatic nitrogens is 1. The standard InChI is InChI=1S/C19H19F6N3O3S/c1-3-11(2)8-26-32(30,31)13-7-16(28(9-13)10-19(24,25)18(22)23)17(29)27-12-4-5-14(20)15(21)6-12/h4-9,11,18H,3,10H2,1-2H3,(H,27,29)/b26-8+. The number of amides is 1. The van der Waals surface area contributed by atoms with Gasteiger partial charge < -0.3 is 9.88 Å². The molecule has 0 saturated carbocycles. The molecule has 2 aromatic rings. The van der Waals surface area contributed by atoms with Crippen LogP contribution in [0.15, 0.2) is 39.8 Å². The fourth-order valence-corrected chi connectivity index (χ4v) is 3.37. The molecule has 0 aliphatic carbocycles. The Balaban J connectivity index is 2.47. The molecule has 1 aromatic heterocycles. The molecule has 1 amide bonds. The molecule has 2 rings (SSSR count). The Morgan fingerprint density at radius 1 is 1.22 bits per heavy atom. The van der Waals surface area contributed by atoms with Gasteiger partial charge in [-0.15, -0.1) is 0 Å². The Morgan fingerprint density at radius 2 is 1.88 bits per heavy atom. The summed E-state index contributed by atoms with van der Waals surface area (Å²) >= 11 is 0. The van der Waals surface area contributed by atoms with E-state index in [1.54, 1.807) is 13.8 Å². The van der Waals surface area contributed by atoms with Crippen LogP contribution in [0.3, 0.4) is 0 Å². The van der Waals surface area contributed by atoms with Crippen molar-refractivity contribution in [2.75, 3.05) is 5.32 Å². The lowest BCUT2D eigenvalue weighted by molar-refractivity contribution is -0.137. The van der Waals surface area contributed by atoms with E-state index in [2.05, 4.69) is 9.71 Å². The highest BCUT2D eigenvalue weighted by Gasteiger charge is 2.42. The molecular weight excluding hydrogens is 464 g/mol. The molecule has 13 heteroatoms. The largest absolute Gasteiger partial charge is 0.336 e. The van der Waals surface area contributed by atoms with Gasteiger partial charge in [-0.05, 0) is 30.5 Å². The number of carbonyl (C=O) groups excluding carboxylic acids is 1. The summed E-state index contributed by atoms with van der Waals surface area (Å²) in [6.45, 7) is 1.73. The molecular formula is C19H19F6N3O3S. The average molecular weight is 483 g/mol. The number of nitrogens with one attached hydrogen (secondary N) is 1. The van der Waals surface area contributed by atoms with E-state index in [0.29, 0.717) is 35.4 Å². The van der Waals surface area contributed by atoms with Crippen molar-refractivity contribution in [3.05, 3.63) is 47.8 Å². The van der Waals surface area contributed by atoms with Gasteiger partial charge in [-0.2, -0.15) is 21.6 Å². The van der Waals surface area contributed by atoms with Crippen LogP contribution < -0.4 is 5.32 Å². The van der Waals surface area contributed by atoms with Crippen molar-refractivity contribution in [2.24, 2.45) is 10.3 Å². The van der Waals surface area contributed by atoms with Gasteiger partial charge in [0.25, 0.3) is 15.9 Å². The van der Waals surface area contributed by atoms with E-state index >= 15 is 0 Å². The van der Waals surface area contributed by atoms with E-state index in [9.17, 15) is 39.6 Å². The van der Waals surface area contributed by atoms with Crippen LogP contribution in [0.25, 0.3) is 0 Å². The van der Waals surface area contributed by atoms with Crippen LogP contribution in [0.4, 0.5) is 32.0 Å². The van der Waals surface area contributed by atoms with Crippen LogP contribution in [-0.4, -0.2) is 37.5 Å². The molecule has 0 aliphatic heterocycles. The number of sulfonamides is 1. The molecule has 1 N–H and O–H groups in total. The highest BCUT2D eigenvalue weighted by Crippen LogP contribution is 2.28. The van der Waals surface area contributed by atoms with Crippen molar-refractivity contribution >= 4 is 27.8 Å². The number of hydrogen-bond donors (Lipinski definition) is 1. The third-order valence-electron chi connectivity index (χ3n) is 4.38. The fraction of sp³-hybridized carbons (Fsp3) is 0.368. The third-order valence-corrected chi connectivity index (χ3v) is 5.60. The summed E-state index contributed by atoms with van der Waals surface area (Å²) < 4.78 is 108. The van der Waals surface area contributed by atoms with Crippen molar-refractivity contribution in [2.45, 2.75) is 44.1 Å². The first-order chi connectivity index (χ1) is 14.8. The number of rotatable bonds is 9.